The Bertz CT molecular complexity index is 983. The first-order valence-corrected chi connectivity index (χ1v) is 9.19. The summed E-state index contributed by atoms with van der Waals surface area (Å²) in [6, 6.07) is 14.7. The topological polar surface area (TPSA) is 43.2 Å². The lowest BCUT2D eigenvalue weighted by Crippen LogP contribution is -2.47. The van der Waals surface area contributed by atoms with Gasteiger partial charge in [0.1, 0.15) is 16.9 Å². The van der Waals surface area contributed by atoms with Crippen LogP contribution in [0, 0.1) is 0 Å². The van der Waals surface area contributed by atoms with Gasteiger partial charge in [-0.15, -0.1) is 5.10 Å². The molecule has 2 aliphatic heterocycles. The molecule has 0 atom stereocenters. The van der Waals surface area contributed by atoms with Crippen LogP contribution in [0.5, 0.6) is 5.75 Å². The van der Waals surface area contributed by atoms with Crippen LogP contribution in [0.4, 0.5) is 0 Å². The van der Waals surface area contributed by atoms with Crippen LogP contribution in [0.25, 0.3) is 17.1 Å². The van der Waals surface area contributed by atoms with Gasteiger partial charge in [-0.3, -0.25) is 4.90 Å². The van der Waals surface area contributed by atoms with Gasteiger partial charge in [-0.05, 0) is 29.8 Å². The fraction of sp³-hybridized carbons (Fsp3) is 0.333. The van der Waals surface area contributed by atoms with Crippen molar-refractivity contribution in [3.63, 3.8) is 0 Å². The standard InChI is InChI=1S/C21H22N4O/c1-24-19-7-6-16(14-18(19)22-23-24)15-25-12-10-21(11-13-25)9-8-17-4-2-3-5-20(17)26-21/h2-9,14H,10-13,15H2,1H3. The molecule has 132 valence electrons. The Morgan fingerprint density at radius 3 is 2.85 bits per heavy atom. The quantitative estimate of drug-likeness (QED) is 0.713. The fourth-order valence-electron chi connectivity index (χ4n) is 4.01. The van der Waals surface area contributed by atoms with E-state index in [1.54, 1.807) is 0 Å². The summed E-state index contributed by atoms with van der Waals surface area (Å²) in [5.41, 5.74) is 4.37. The molecule has 26 heavy (non-hydrogen) atoms. The molecule has 1 aromatic heterocycles. The Hall–Kier alpha value is -2.66. The monoisotopic (exact) mass is 346 g/mol. The Kier molecular flexibility index (Phi) is 3.57. The molecule has 0 aliphatic carbocycles. The molecule has 0 bridgehead atoms. The van der Waals surface area contributed by atoms with E-state index in [1.165, 1.54) is 11.1 Å². The predicted octanol–water partition coefficient (Wildman–Crippen LogP) is 3.41. The summed E-state index contributed by atoms with van der Waals surface area (Å²) < 4.78 is 8.20. The second-order valence-corrected chi connectivity index (χ2v) is 7.35. The highest BCUT2D eigenvalue weighted by Crippen LogP contribution is 2.37. The number of ether oxygens (including phenoxy) is 1. The molecule has 0 radical (unpaired) electrons. The number of nitrogens with zero attached hydrogens (tertiary/aromatic N) is 4. The van der Waals surface area contributed by atoms with Crippen LogP contribution in [-0.4, -0.2) is 38.6 Å². The molecule has 3 heterocycles. The molecule has 1 fully saturated rings. The summed E-state index contributed by atoms with van der Waals surface area (Å²) in [4.78, 5) is 2.50. The van der Waals surface area contributed by atoms with Crippen molar-refractivity contribution in [3.8, 4) is 5.75 Å². The summed E-state index contributed by atoms with van der Waals surface area (Å²) in [5, 5.41) is 8.31. The maximum absolute atomic E-state index is 6.38. The lowest BCUT2D eigenvalue weighted by atomic mass is 9.88. The molecular formula is C21H22N4O. The first-order valence-electron chi connectivity index (χ1n) is 9.19. The summed E-state index contributed by atoms with van der Waals surface area (Å²) in [7, 11) is 1.93. The van der Waals surface area contributed by atoms with Crippen molar-refractivity contribution in [2.75, 3.05) is 13.1 Å². The van der Waals surface area contributed by atoms with Crippen molar-refractivity contribution in [2.45, 2.75) is 25.0 Å². The molecule has 0 unspecified atom stereocenters. The highest BCUT2D eigenvalue weighted by molar-refractivity contribution is 5.74. The van der Waals surface area contributed by atoms with Gasteiger partial charge in [-0.25, -0.2) is 4.68 Å². The van der Waals surface area contributed by atoms with E-state index in [2.05, 4.69) is 63.8 Å². The molecule has 1 spiro atoms. The molecule has 0 saturated carbocycles. The summed E-state index contributed by atoms with van der Waals surface area (Å²) in [6.07, 6.45) is 6.52. The SMILES string of the molecule is Cn1nnc2cc(CN3CCC4(C=Cc5ccccc5O4)CC3)ccc21. The van der Waals surface area contributed by atoms with E-state index in [4.69, 9.17) is 4.74 Å². The van der Waals surface area contributed by atoms with E-state index >= 15 is 0 Å². The number of benzene rings is 2. The molecule has 1 saturated heterocycles. The lowest BCUT2D eigenvalue weighted by Gasteiger charge is -2.42. The third-order valence-corrected chi connectivity index (χ3v) is 5.58. The zero-order valence-corrected chi connectivity index (χ0v) is 14.9. The zero-order chi connectivity index (χ0) is 17.6. The molecule has 5 rings (SSSR count). The Labute approximate surface area is 152 Å². The first-order chi connectivity index (χ1) is 12.7. The molecule has 5 heteroatoms. The van der Waals surface area contributed by atoms with Gasteiger partial charge in [0.2, 0.25) is 0 Å². The van der Waals surface area contributed by atoms with Crippen molar-refractivity contribution in [1.29, 1.82) is 0 Å². The Balaban J connectivity index is 1.27. The van der Waals surface area contributed by atoms with E-state index in [9.17, 15) is 0 Å². The van der Waals surface area contributed by atoms with Crippen LogP contribution in [-0.2, 0) is 13.6 Å². The third-order valence-electron chi connectivity index (χ3n) is 5.58. The van der Waals surface area contributed by atoms with Crippen LogP contribution in [0.2, 0.25) is 0 Å². The minimum absolute atomic E-state index is 0.139. The normalized spacial score (nSPS) is 18.8. The maximum atomic E-state index is 6.38. The zero-order valence-electron chi connectivity index (χ0n) is 14.9. The maximum Gasteiger partial charge on any atom is 0.130 e. The number of aryl methyl sites for hydroxylation is 1. The van der Waals surface area contributed by atoms with Crippen LogP contribution in [0.15, 0.2) is 48.5 Å². The third kappa shape index (κ3) is 2.69. The summed E-state index contributed by atoms with van der Waals surface area (Å²) in [6.45, 7) is 3.01. The number of para-hydroxylation sites is 1. The number of hydrogen-bond donors (Lipinski definition) is 0. The highest BCUT2D eigenvalue weighted by atomic mass is 16.5. The average molecular weight is 346 g/mol. The van der Waals surface area contributed by atoms with Crippen molar-refractivity contribution >= 4 is 17.1 Å². The fourth-order valence-corrected chi connectivity index (χ4v) is 4.01. The van der Waals surface area contributed by atoms with Crippen molar-refractivity contribution in [3.05, 3.63) is 59.7 Å². The molecule has 0 N–H and O–H groups in total. The Morgan fingerprint density at radius 1 is 1.12 bits per heavy atom. The van der Waals surface area contributed by atoms with Crippen LogP contribution < -0.4 is 4.74 Å². The van der Waals surface area contributed by atoms with E-state index in [0.717, 1.165) is 49.3 Å². The second-order valence-electron chi connectivity index (χ2n) is 7.35. The van der Waals surface area contributed by atoms with Gasteiger partial charge in [-0.2, -0.15) is 0 Å². The van der Waals surface area contributed by atoms with Crippen molar-refractivity contribution in [2.24, 2.45) is 7.05 Å². The van der Waals surface area contributed by atoms with E-state index in [0.29, 0.717) is 0 Å². The number of aromatic nitrogens is 3. The van der Waals surface area contributed by atoms with Gasteiger partial charge >= 0.3 is 0 Å². The van der Waals surface area contributed by atoms with Gasteiger partial charge in [-0.1, -0.05) is 35.6 Å². The summed E-state index contributed by atoms with van der Waals surface area (Å²) in [5.74, 6) is 1.01. The second kappa shape index (κ2) is 5.95. The van der Waals surface area contributed by atoms with E-state index in [-0.39, 0.29) is 5.60 Å². The molecule has 2 aromatic carbocycles. The Morgan fingerprint density at radius 2 is 1.96 bits per heavy atom. The van der Waals surface area contributed by atoms with Crippen molar-refractivity contribution in [1.82, 2.24) is 19.9 Å². The number of rotatable bonds is 2. The summed E-state index contributed by atoms with van der Waals surface area (Å²) >= 11 is 0. The minimum atomic E-state index is -0.139. The van der Waals surface area contributed by atoms with Crippen LogP contribution in [0.3, 0.4) is 0 Å². The smallest absolute Gasteiger partial charge is 0.130 e. The van der Waals surface area contributed by atoms with Gasteiger partial charge in [0, 0.05) is 45.1 Å². The van der Waals surface area contributed by atoms with E-state index < -0.39 is 0 Å². The number of fused-ring (bicyclic) bond motifs is 2. The molecule has 5 nitrogen and oxygen atoms in total. The minimum Gasteiger partial charge on any atom is -0.482 e. The molecule has 3 aromatic rings. The average Bonchev–Trinajstić information content (AvgIpc) is 3.04. The highest BCUT2D eigenvalue weighted by Gasteiger charge is 2.36. The molecule has 2 aliphatic rings. The first kappa shape index (κ1) is 15.6. The molecule has 0 amide bonds. The molecular weight excluding hydrogens is 324 g/mol. The van der Waals surface area contributed by atoms with Gasteiger partial charge < -0.3 is 4.74 Å². The van der Waals surface area contributed by atoms with E-state index in [1.807, 2.05) is 17.8 Å². The number of hydrogen-bond acceptors (Lipinski definition) is 4. The van der Waals surface area contributed by atoms with Crippen LogP contribution >= 0.6 is 0 Å². The van der Waals surface area contributed by atoms with Gasteiger partial charge in [0.05, 0.1) is 5.52 Å². The number of likely N-dealkylation sites (tertiary alicyclic amines) is 1. The number of piperidine rings is 1. The lowest BCUT2D eigenvalue weighted by molar-refractivity contribution is 0.0361. The van der Waals surface area contributed by atoms with Gasteiger partial charge in [0.25, 0.3) is 0 Å². The predicted molar refractivity (Wildman–Crippen MR) is 102 cm³/mol. The largest absolute Gasteiger partial charge is 0.482 e. The van der Waals surface area contributed by atoms with Crippen LogP contribution in [0.1, 0.15) is 24.0 Å². The van der Waals surface area contributed by atoms with Crippen molar-refractivity contribution < 1.29 is 4.74 Å². The van der Waals surface area contributed by atoms with Gasteiger partial charge in [0.15, 0.2) is 0 Å².